The molecule has 2 aliphatic heterocycles. The maximum absolute atomic E-state index is 13.3. The highest BCUT2D eigenvalue weighted by Crippen LogP contribution is 2.38. The molecule has 0 atom stereocenters. The van der Waals surface area contributed by atoms with Crippen LogP contribution in [-0.2, 0) is 11.0 Å². The summed E-state index contributed by atoms with van der Waals surface area (Å²) in [7, 11) is 0. The van der Waals surface area contributed by atoms with Crippen molar-refractivity contribution in [3.63, 3.8) is 0 Å². The van der Waals surface area contributed by atoms with E-state index in [0.717, 1.165) is 32.2 Å². The number of nitrogens with zero attached hydrogens (tertiary/aromatic N) is 4. The van der Waals surface area contributed by atoms with Gasteiger partial charge < -0.3 is 14.5 Å². The van der Waals surface area contributed by atoms with E-state index >= 15 is 0 Å². The molecule has 0 radical (unpaired) electrons. The fourth-order valence-corrected chi connectivity index (χ4v) is 5.53. The summed E-state index contributed by atoms with van der Waals surface area (Å²) in [5.74, 6) is -0.00828. The standard InChI is InChI=1S/C31H33F3N4O4/c32-31(33,34)28-22-27(10-11-29(28)38(40)41)42-26-12-16-37(17-13-26)30(39)14-15-35-18-20-36(21-19-35)25-8-6-24(7-9-25)23-4-2-1-3-5-23/h1-11,22,26H,12-21H2. The number of likely N-dealkylation sites (tertiary alicyclic amines) is 1. The second-order valence-electron chi connectivity index (χ2n) is 10.6. The summed E-state index contributed by atoms with van der Waals surface area (Å²) in [4.78, 5) is 29.2. The first kappa shape index (κ1) is 29.4. The zero-order valence-electron chi connectivity index (χ0n) is 23.1. The summed E-state index contributed by atoms with van der Waals surface area (Å²) in [6.45, 7) is 5.11. The van der Waals surface area contributed by atoms with Gasteiger partial charge in [-0.15, -0.1) is 0 Å². The molecule has 3 aromatic carbocycles. The summed E-state index contributed by atoms with van der Waals surface area (Å²) in [5, 5.41) is 11.0. The Morgan fingerprint density at radius 2 is 1.52 bits per heavy atom. The van der Waals surface area contributed by atoms with E-state index in [4.69, 9.17) is 4.74 Å². The zero-order chi connectivity index (χ0) is 29.7. The van der Waals surface area contributed by atoms with Gasteiger partial charge in [0.25, 0.3) is 5.69 Å². The first-order valence-electron chi connectivity index (χ1n) is 14.1. The fraction of sp³-hybridized carbons (Fsp3) is 0.387. The lowest BCUT2D eigenvalue weighted by Gasteiger charge is -2.37. The van der Waals surface area contributed by atoms with Crippen molar-refractivity contribution in [3.05, 3.63) is 88.5 Å². The Morgan fingerprint density at radius 3 is 2.14 bits per heavy atom. The topological polar surface area (TPSA) is 79.2 Å². The molecular formula is C31H33F3N4O4. The molecule has 2 aliphatic rings. The van der Waals surface area contributed by atoms with E-state index in [2.05, 4.69) is 46.2 Å². The van der Waals surface area contributed by atoms with Crippen molar-refractivity contribution in [2.24, 2.45) is 0 Å². The normalized spacial score (nSPS) is 16.8. The molecule has 0 unspecified atom stereocenters. The number of alkyl halides is 3. The summed E-state index contributed by atoms with van der Waals surface area (Å²) < 4.78 is 45.5. The van der Waals surface area contributed by atoms with Gasteiger partial charge in [-0.2, -0.15) is 13.2 Å². The van der Waals surface area contributed by atoms with Gasteiger partial charge in [-0.1, -0.05) is 42.5 Å². The summed E-state index contributed by atoms with van der Waals surface area (Å²) in [5.41, 5.74) is 1.24. The highest BCUT2D eigenvalue weighted by molar-refractivity contribution is 5.76. The van der Waals surface area contributed by atoms with Crippen LogP contribution in [0.2, 0.25) is 0 Å². The third kappa shape index (κ3) is 7.20. The maximum Gasteiger partial charge on any atom is 0.423 e. The Balaban J connectivity index is 1.04. The third-order valence-corrected chi connectivity index (χ3v) is 7.92. The van der Waals surface area contributed by atoms with Crippen molar-refractivity contribution in [2.45, 2.75) is 31.5 Å². The summed E-state index contributed by atoms with van der Waals surface area (Å²) in [6, 6.07) is 21.6. The number of benzene rings is 3. The van der Waals surface area contributed by atoms with Gasteiger partial charge in [0, 0.05) is 76.8 Å². The van der Waals surface area contributed by atoms with Crippen molar-refractivity contribution >= 4 is 17.3 Å². The number of rotatable bonds is 8. The average molecular weight is 583 g/mol. The number of ether oxygens (including phenoxy) is 1. The number of halogens is 3. The average Bonchev–Trinajstić information content (AvgIpc) is 3.00. The van der Waals surface area contributed by atoms with E-state index < -0.39 is 22.4 Å². The lowest BCUT2D eigenvalue weighted by Crippen LogP contribution is -2.48. The number of piperidine rings is 1. The highest BCUT2D eigenvalue weighted by atomic mass is 19.4. The molecule has 2 heterocycles. The molecule has 8 nitrogen and oxygen atoms in total. The minimum absolute atomic E-state index is 0.0575. The van der Waals surface area contributed by atoms with E-state index in [1.54, 1.807) is 4.90 Å². The molecule has 0 aromatic heterocycles. The van der Waals surface area contributed by atoms with Crippen LogP contribution >= 0.6 is 0 Å². The second-order valence-corrected chi connectivity index (χ2v) is 10.6. The summed E-state index contributed by atoms with van der Waals surface area (Å²) >= 11 is 0. The van der Waals surface area contributed by atoms with Crippen LogP contribution in [0.15, 0.2) is 72.8 Å². The number of nitro benzene ring substituents is 1. The lowest BCUT2D eigenvalue weighted by molar-refractivity contribution is -0.388. The van der Waals surface area contributed by atoms with Crippen LogP contribution in [0.3, 0.4) is 0 Å². The molecular weight excluding hydrogens is 549 g/mol. The van der Waals surface area contributed by atoms with Crippen molar-refractivity contribution in [1.29, 1.82) is 0 Å². The molecule has 0 aliphatic carbocycles. The van der Waals surface area contributed by atoms with Gasteiger partial charge in [-0.25, -0.2) is 0 Å². The van der Waals surface area contributed by atoms with E-state index in [-0.39, 0.29) is 17.8 Å². The van der Waals surface area contributed by atoms with Crippen molar-refractivity contribution < 1.29 is 27.6 Å². The van der Waals surface area contributed by atoms with Crippen molar-refractivity contribution in [3.8, 4) is 16.9 Å². The predicted molar refractivity (Wildman–Crippen MR) is 153 cm³/mol. The number of piperazine rings is 1. The Hall–Kier alpha value is -4.12. The van der Waals surface area contributed by atoms with Gasteiger partial charge in [-0.3, -0.25) is 19.8 Å². The highest BCUT2D eigenvalue weighted by Gasteiger charge is 2.39. The van der Waals surface area contributed by atoms with Crippen LogP contribution in [0, 0.1) is 10.1 Å². The Labute approximate surface area is 242 Å². The second kappa shape index (κ2) is 12.8. The molecule has 2 fully saturated rings. The number of nitro groups is 1. The van der Waals surface area contributed by atoms with E-state index in [0.29, 0.717) is 45.0 Å². The first-order chi connectivity index (χ1) is 20.2. The Bertz CT molecular complexity index is 1370. The van der Waals surface area contributed by atoms with Gasteiger partial charge in [0.05, 0.1) is 4.92 Å². The molecule has 3 aromatic rings. The number of carbonyl (C=O) groups is 1. The maximum atomic E-state index is 13.3. The summed E-state index contributed by atoms with van der Waals surface area (Å²) in [6.07, 6.45) is -3.86. The number of hydrogen-bond acceptors (Lipinski definition) is 6. The van der Waals surface area contributed by atoms with E-state index in [1.165, 1.54) is 22.9 Å². The molecule has 0 N–H and O–H groups in total. The number of amides is 1. The van der Waals surface area contributed by atoms with E-state index in [9.17, 15) is 28.1 Å². The predicted octanol–water partition coefficient (Wildman–Crippen LogP) is 5.86. The quantitative estimate of drug-likeness (QED) is 0.245. The van der Waals surface area contributed by atoms with Gasteiger partial charge in [0.1, 0.15) is 17.4 Å². The molecule has 222 valence electrons. The Kier molecular flexibility index (Phi) is 8.96. The molecule has 42 heavy (non-hydrogen) atoms. The van der Waals surface area contributed by atoms with E-state index in [1.807, 2.05) is 18.2 Å². The smallest absolute Gasteiger partial charge is 0.423 e. The van der Waals surface area contributed by atoms with Crippen LogP contribution in [0.4, 0.5) is 24.5 Å². The number of anilines is 1. The fourth-order valence-electron chi connectivity index (χ4n) is 5.53. The molecule has 0 bridgehead atoms. The van der Waals surface area contributed by atoms with Gasteiger partial charge in [-0.05, 0) is 35.4 Å². The van der Waals surface area contributed by atoms with Crippen molar-refractivity contribution in [1.82, 2.24) is 9.80 Å². The molecule has 11 heteroatoms. The van der Waals surface area contributed by atoms with Crippen LogP contribution in [0.5, 0.6) is 5.75 Å². The number of carbonyl (C=O) groups excluding carboxylic acids is 1. The van der Waals surface area contributed by atoms with Crippen LogP contribution in [0.1, 0.15) is 24.8 Å². The van der Waals surface area contributed by atoms with Crippen molar-refractivity contribution in [2.75, 3.05) is 50.7 Å². The monoisotopic (exact) mass is 582 g/mol. The van der Waals surface area contributed by atoms with Crippen LogP contribution < -0.4 is 9.64 Å². The molecule has 0 saturated carbocycles. The van der Waals surface area contributed by atoms with Gasteiger partial charge in [0.2, 0.25) is 5.91 Å². The first-order valence-corrected chi connectivity index (χ1v) is 14.1. The minimum Gasteiger partial charge on any atom is -0.490 e. The lowest BCUT2D eigenvalue weighted by atomic mass is 10.1. The zero-order valence-corrected chi connectivity index (χ0v) is 23.1. The SMILES string of the molecule is O=C(CCN1CCN(c2ccc(-c3ccccc3)cc2)CC1)N1CCC(Oc2ccc([N+](=O)[O-])c(C(F)(F)F)c2)CC1. The van der Waals surface area contributed by atoms with Gasteiger partial charge >= 0.3 is 6.18 Å². The molecule has 1 amide bonds. The minimum atomic E-state index is -4.86. The third-order valence-electron chi connectivity index (χ3n) is 7.92. The largest absolute Gasteiger partial charge is 0.490 e. The van der Waals surface area contributed by atoms with Crippen LogP contribution in [-0.4, -0.2) is 72.5 Å². The molecule has 5 rings (SSSR count). The molecule has 2 saturated heterocycles. The number of hydrogen-bond donors (Lipinski definition) is 0. The van der Waals surface area contributed by atoms with Crippen LogP contribution in [0.25, 0.3) is 11.1 Å². The molecule has 0 spiro atoms. The van der Waals surface area contributed by atoms with Gasteiger partial charge in [0.15, 0.2) is 0 Å². The Morgan fingerprint density at radius 1 is 0.881 bits per heavy atom.